The van der Waals surface area contributed by atoms with Crippen molar-refractivity contribution in [3.63, 3.8) is 0 Å². The Labute approximate surface area is 173 Å². The van der Waals surface area contributed by atoms with Gasteiger partial charge in [-0.1, -0.05) is 35.9 Å². The van der Waals surface area contributed by atoms with Gasteiger partial charge in [-0.25, -0.2) is 9.98 Å². The van der Waals surface area contributed by atoms with Crippen molar-refractivity contribution in [2.45, 2.75) is 20.4 Å². The van der Waals surface area contributed by atoms with Crippen molar-refractivity contribution in [1.82, 2.24) is 15.2 Å². The molecule has 1 aromatic heterocycles. The van der Waals surface area contributed by atoms with E-state index < -0.39 is 0 Å². The first-order valence-electron chi connectivity index (χ1n) is 9.01. The summed E-state index contributed by atoms with van der Waals surface area (Å²) in [7, 11) is 0. The average molecular weight is 465 g/mol. The molecule has 5 nitrogen and oxygen atoms in total. The number of aromatic nitrogens is 1. The molecular formula is C20H28IN5. The number of guanidine groups is 1. The molecule has 2 heterocycles. The van der Waals surface area contributed by atoms with Crippen molar-refractivity contribution in [1.29, 1.82) is 0 Å². The summed E-state index contributed by atoms with van der Waals surface area (Å²) < 4.78 is 0. The smallest absolute Gasteiger partial charge is 0.194 e. The van der Waals surface area contributed by atoms with Gasteiger partial charge in [0.1, 0.15) is 5.82 Å². The molecule has 1 fully saturated rings. The SMILES string of the molecule is CCNC(=NCc1cccc(C)c1)N1CCN(c2ccccn2)CC1.I. The molecule has 0 bridgehead atoms. The van der Waals surface area contributed by atoms with Crippen LogP contribution in [0.3, 0.4) is 0 Å². The Bertz CT molecular complexity index is 696. The van der Waals surface area contributed by atoms with Gasteiger partial charge in [0.05, 0.1) is 6.54 Å². The normalized spacial score (nSPS) is 14.8. The van der Waals surface area contributed by atoms with Crippen molar-refractivity contribution in [2.75, 3.05) is 37.6 Å². The number of hydrogen-bond donors (Lipinski definition) is 1. The van der Waals surface area contributed by atoms with E-state index >= 15 is 0 Å². The third kappa shape index (κ3) is 5.59. The lowest BCUT2D eigenvalue weighted by Crippen LogP contribution is -2.52. The molecule has 2 aromatic rings. The highest BCUT2D eigenvalue weighted by molar-refractivity contribution is 14.0. The van der Waals surface area contributed by atoms with E-state index in [0.29, 0.717) is 6.54 Å². The van der Waals surface area contributed by atoms with Crippen molar-refractivity contribution >= 4 is 35.8 Å². The van der Waals surface area contributed by atoms with E-state index in [-0.39, 0.29) is 24.0 Å². The lowest BCUT2D eigenvalue weighted by Gasteiger charge is -2.37. The number of piperazine rings is 1. The standard InChI is InChI=1S/C20H27N5.HI/c1-3-21-20(23-16-18-8-6-7-17(2)15-18)25-13-11-24(12-14-25)19-9-4-5-10-22-19;/h4-10,15H,3,11-14,16H2,1-2H3,(H,21,23);1H. The van der Waals surface area contributed by atoms with Crippen molar-refractivity contribution < 1.29 is 0 Å². The molecule has 1 aliphatic rings. The highest BCUT2D eigenvalue weighted by atomic mass is 127. The second-order valence-electron chi connectivity index (χ2n) is 6.32. The molecule has 0 saturated carbocycles. The first-order chi connectivity index (χ1) is 12.3. The summed E-state index contributed by atoms with van der Waals surface area (Å²) >= 11 is 0. The number of nitrogens with one attached hydrogen (secondary N) is 1. The summed E-state index contributed by atoms with van der Waals surface area (Å²) in [6.45, 7) is 9.67. The molecule has 0 aliphatic carbocycles. The minimum Gasteiger partial charge on any atom is -0.357 e. The van der Waals surface area contributed by atoms with Gasteiger partial charge in [0, 0.05) is 38.9 Å². The molecule has 3 rings (SSSR count). The van der Waals surface area contributed by atoms with Crippen molar-refractivity contribution in [2.24, 2.45) is 4.99 Å². The Kier molecular flexibility index (Phi) is 8.15. The maximum atomic E-state index is 4.84. The predicted molar refractivity (Wildman–Crippen MR) is 119 cm³/mol. The number of hydrogen-bond acceptors (Lipinski definition) is 3. The average Bonchev–Trinajstić information content (AvgIpc) is 2.66. The molecule has 0 atom stereocenters. The molecule has 0 radical (unpaired) electrons. The third-order valence-corrected chi connectivity index (χ3v) is 4.38. The molecule has 140 valence electrons. The summed E-state index contributed by atoms with van der Waals surface area (Å²) in [5.74, 6) is 2.06. The van der Waals surface area contributed by atoms with Crippen molar-refractivity contribution in [3.05, 3.63) is 59.8 Å². The van der Waals surface area contributed by atoms with Gasteiger partial charge >= 0.3 is 0 Å². The van der Waals surface area contributed by atoms with Crippen LogP contribution in [0.1, 0.15) is 18.1 Å². The second kappa shape index (κ2) is 10.4. The molecule has 26 heavy (non-hydrogen) atoms. The zero-order chi connectivity index (χ0) is 17.5. The van der Waals surface area contributed by atoms with Crippen LogP contribution in [-0.2, 0) is 6.54 Å². The maximum Gasteiger partial charge on any atom is 0.194 e. The van der Waals surface area contributed by atoms with Crippen LogP contribution in [0.2, 0.25) is 0 Å². The van der Waals surface area contributed by atoms with Gasteiger partial charge in [0.15, 0.2) is 5.96 Å². The Morgan fingerprint density at radius 1 is 1.12 bits per heavy atom. The maximum absolute atomic E-state index is 4.84. The number of benzene rings is 1. The monoisotopic (exact) mass is 465 g/mol. The quantitative estimate of drug-likeness (QED) is 0.428. The van der Waals surface area contributed by atoms with Gasteiger partial charge in [-0.3, -0.25) is 0 Å². The number of rotatable bonds is 4. The minimum atomic E-state index is 0. The molecule has 1 N–H and O–H groups in total. The third-order valence-electron chi connectivity index (χ3n) is 4.38. The van der Waals surface area contributed by atoms with Crippen LogP contribution in [0.4, 0.5) is 5.82 Å². The topological polar surface area (TPSA) is 43.8 Å². The van der Waals surface area contributed by atoms with Crippen LogP contribution in [0.5, 0.6) is 0 Å². The zero-order valence-electron chi connectivity index (χ0n) is 15.6. The van der Waals surface area contributed by atoms with Gasteiger partial charge in [0.2, 0.25) is 0 Å². The van der Waals surface area contributed by atoms with Crippen LogP contribution >= 0.6 is 24.0 Å². The van der Waals surface area contributed by atoms with E-state index in [4.69, 9.17) is 4.99 Å². The molecule has 0 unspecified atom stereocenters. The van der Waals surface area contributed by atoms with Crippen LogP contribution < -0.4 is 10.2 Å². The Morgan fingerprint density at radius 2 is 1.92 bits per heavy atom. The van der Waals surface area contributed by atoms with Crippen LogP contribution in [0.15, 0.2) is 53.7 Å². The largest absolute Gasteiger partial charge is 0.357 e. The Hall–Kier alpha value is -1.83. The fraction of sp³-hybridized carbons (Fsp3) is 0.400. The van der Waals surface area contributed by atoms with Crippen LogP contribution in [0.25, 0.3) is 0 Å². The number of aryl methyl sites for hydroxylation is 1. The molecule has 0 spiro atoms. The van der Waals surface area contributed by atoms with Crippen molar-refractivity contribution in [3.8, 4) is 0 Å². The Balaban J connectivity index is 0.00000243. The molecule has 1 saturated heterocycles. The summed E-state index contributed by atoms with van der Waals surface area (Å²) in [5, 5.41) is 3.43. The van der Waals surface area contributed by atoms with Gasteiger partial charge in [-0.2, -0.15) is 0 Å². The number of halogens is 1. The number of aliphatic imine (C=N–C) groups is 1. The second-order valence-corrected chi connectivity index (χ2v) is 6.32. The number of nitrogens with zero attached hydrogens (tertiary/aromatic N) is 4. The van der Waals surface area contributed by atoms with Crippen LogP contribution in [-0.4, -0.2) is 48.6 Å². The van der Waals surface area contributed by atoms with E-state index in [1.165, 1.54) is 11.1 Å². The highest BCUT2D eigenvalue weighted by Gasteiger charge is 2.20. The van der Waals surface area contributed by atoms with Gasteiger partial charge in [0.25, 0.3) is 0 Å². The van der Waals surface area contributed by atoms with Gasteiger partial charge < -0.3 is 15.1 Å². The molecule has 1 aliphatic heterocycles. The first kappa shape index (κ1) is 20.5. The first-order valence-corrected chi connectivity index (χ1v) is 9.01. The molecule has 1 aromatic carbocycles. The lowest BCUT2D eigenvalue weighted by molar-refractivity contribution is 0.371. The highest BCUT2D eigenvalue weighted by Crippen LogP contribution is 2.13. The fourth-order valence-corrected chi connectivity index (χ4v) is 3.09. The number of pyridine rings is 1. The lowest BCUT2D eigenvalue weighted by atomic mass is 10.1. The fourth-order valence-electron chi connectivity index (χ4n) is 3.09. The van der Waals surface area contributed by atoms with E-state index in [2.05, 4.69) is 64.3 Å². The molecule has 0 amide bonds. The summed E-state index contributed by atoms with van der Waals surface area (Å²) in [6.07, 6.45) is 1.86. The van der Waals surface area contributed by atoms with E-state index in [1.807, 2.05) is 18.3 Å². The van der Waals surface area contributed by atoms with Gasteiger partial charge in [-0.05, 0) is 31.5 Å². The molecular weight excluding hydrogens is 437 g/mol. The summed E-state index contributed by atoms with van der Waals surface area (Å²) in [6, 6.07) is 14.6. The Morgan fingerprint density at radius 3 is 2.58 bits per heavy atom. The van der Waals surface area contributed by atoms with E-state index in [0.717, 1.165) is 44.5 Å². The van der Waals surface area contributed by atoms with E-state index in [9.17, 15) is 0 Å². The number of anilines is 1. The minimum absolute atomic E-state index is 0. The molecule has 6 heteroatoms. The zero-order valence-corrected chi connectivity index (χ0v) is 17.9. The summed E-state index contributed by atoms with van der Waals surface area (Å²) in [4.78, 5) is 14.0. The van der Waals surface area contributed by atoms with Crippen LogP contribution in [0, 0.1) is 6.92 Å². The van der Waals surface area contributed by atoms with Gasteiger partial charge in [-0.15, -0.1) is 24.0 Å². The van der Waals surface area contributed by atoms with E-state index in [1.54, 1.807) is 0 Å². The summed E-state index contributed by atoms with van der Waals surface area (Å²) in [5.41, 5.74) is 2.53. The predicted octanol–water partition coefficient (Wildman–Crippen LogP) is 3.30.